The average molecular weight is 268 g/mol. The van der Waals surface area contributed by atoms with Gasteiger partial charge in [-0.05, 0) is 24.5 Å². The third-order valence-electron chi connectivity index (χ3n) is 2.58. The van der Waals surface area contributed by atoms with Crippen LogP contribution in [0.25, 0.3) is 0 Å². The maximum absolute atomic E-state index is 12.0. The lowest BCUT2D eigenvalue weighted by atomic mass is 10.2. The summed E-state index contributed by atoms with van der Waals surface area (Å²) in [6, 6.07) is 7.86. The second-order valence-electron chi connectivity index (χ2n) is 3.80. The Balaban J connectivity index is 1.96. The Morgan fingerprint density at radius 1 is 1.59 bits per heavy atom. The van der Waals surface area contributed by atoms with Crippen molar-refractivity contribution in [3.05, 3.63) is 24.3 Å². The van der Waals surface area contributed by atoms with E-state index < -0.39 is 0 Å². The molecule has 1 unspecified atom stereocenters. The van der Waals surface area contributed by atoms with Gasteiger partial charge < -0.3 is 10.6 Å². The number of benzene rings is 1. The first kappa shape index (κ1) is 12.8. The van der Waals surface area contributed by atoms with Gasteiger partial charge in [-0.25, -0.2) is 0 Å². The minimum Gasteiger partial charge on any atom is -0.325 e. The lowest BCUT2D eigenvalue weighted by Crippen LogP contribution is -2.46. The van der Waals surface area contributed by atoms with Crippen LogP contribution in [0.3, 0.4) is 0 Å². The average Bonchev–Trinajstić information content (AvgIpc) is 2.40. The zero-order valence-corrected chi connectivity index (χ0v) is 11.4. The molecule has 0 radical (unpaired) electrons. The maximum Gasteiger partial charge on any atom is 0.242 e. The van der Waals surface area contributed by atoms with E-state index in [0.29, 0.717) is 0 Å². The highest BCUT2D eigenvalue weighted by Crippen LogP contribution is 2.19. The fourth-order valence-corrected chi connectivity index (χ4v) is 3.06. The summed E-state index contributed by atoms with van der Waals surface area (Å²) in [5, 5.41) is 6.19. The Labute approximate surface area is 110 Å². The molecule has 1 aromatic rings. The fourth-order valence-electron chi connectivity index (χ4n) is 1.66. The number of thioether (sulfide) groups is 2. The van der Waals surface area contributed by atoms with Crippen LogP contribution >= 0.6 is 23.5 Å². The molecule has 0 aliphatic carbocycles. The molecule has 1 saturated heterocycles. The number of nitrogens with one attached hydrogen (secondary N) is 2. The minimum absolute atomic E-state index is 0.0633. The van der Waals surface area contributed by atoms with Gasteiger partial charge in [-0.1, -0.05) is 6.07 Å². The summed E-state index contributed by atoms with van der Waals surface area (Å²) in [5.41, 5.74) is 0.874. The Kier molecular flexibility index (Phi) is 4.76. The lowest BCUT2D eigenvalue weighted by molar-refractivity contribution is -0.117. The van der Waals surface area contributed by atoms with E-state index in [1.54, 1.807) is 11.8 Å². The molecule has 92 valence electrons. The van der Waals surface area contributed by atoms with Crippen molar-refractivity contribution >= 4 is 35.1 Å². The van der Waals surface area contributed by atoms with Gasteiger partial charge in [0.2, 0.25) is 5.91 Å². The van der Waals surface area contributed by atoms with Gasteiger partial charge in [-0.2, -0.15) is 11.8 Å². The van der Waals surface area contributed by atoms with Gasteiger partial charge in [-0.15, -0.1) is 11.8 Å². The zero-order valence-electron chi connectivity index (χ0n) is 9.73. The fraction of sp³-hybridized carbons (Fsp3) is 0.417. The third kappa shape index (κ3) is 3.66. The van der Waals surface area contributed by atoms with Crippen molar-refractivity contribution in [2.45, 2.75) is 10.9 Å². The summed E-state index contributed by atoms with van der Waals surface area (Å²) in [5.74, 6) is 2.01. The SMILES string of the molecule is CSc1cccc(NC(=O)C2CSCCN2)c1. The predicted molar refractivity (Wildman–Crippen MR) is 76.0 cm³/mol. The second-order valence-corrected chi connectivity index (χ2v) is 5.83. The molecule has 1 heterocycles. The first-order valence-corrected chi connectivity index (χ1v) is 7.93. The van der Waals surface area contributed by atoms with Crippen molar-refractivity contribution in [2.75, 3.05) is 29.6 Å². The summed E-state index contributed by atoms with van der Waals surface area (Å²) in [4.78, 5) is 13.1. The second kappa shape index (κ2) is 6.33. The van der Waals surface area contributed by atoms with Crippen LogP contribution in [0.2, 0.25) is 0 Å². The van der Waals surface area contributed by atoms with Gasteiger partial charge in [-0.3, -0.25) is 4.79 Å². The standard InChI is InChI=1S/C12H16N2OS2/c1-16-10-4-2-3-9(7-10)14-12(15)11-8-17-6-5-13-11/h2-4,7,11,13H,5-6,8H2,1H3,(H,14,15). The van der Waals surface area contributed by atoms with Crippen LogP contribution in [-0.2, 0) is 4.79 Å². The molecule has 0 spiro atoms. The van der Waals surface area contributed by atoms with Gasteiger partial charge in [0.25, 0.3) is 0 Å². The Bertz CT molecular complexity index is 392. The summed E-state index contributed by atoms with van der Waals surface area (Å²) in [6.07, 6.45) is 2.03. The molecule has 1 aromatic carbocycles. The van der Waals surface area contributed by atoms with Crippen molar-refractivity contribution in [3.8, 4) is 0 Å². The van der Waals surface area contributed by atoms with Crippen LogP contribution in [-0.4, -0.2) is 36.3 Å². The van der Waals surface area contributed by atoms with Gasteiger partial charge in [0.05, 0.1) is 6.04 Å². The number of amides is 1. The molecule has 1 aliphatic rings. The quantitative estimate of drug-likeness (QED) is 0.823. The van der Waals surface area contributed by atoms with E-state index in [9.17, 15) is 4.79 Å². The predicted octanol–water partition coefficient (Wildman–Crippen LogP) is 2.05. The Morgan fingerprint density at radius 3 is 3.18 bits per heavy atom. The molecule has 2 rings (SSSR count). The van der Waals surface area contributed by atoms with E-state index in [2.05, 4.69) is 10.6 Å². The van der Waals surface area contributed by atoms with E-state index >= 15 is 0 Å². The van der Waals surface area contributed by atoms with Crippen molar-refractivity contribution in [1.29, 1.82) is 0 Å². The number of carbonyl (C=O) groups excluding carboxylic acids is 1. The van der Waals surface area contributed by atoms with Crippen molar-refractivity contribution < 1.29 is 4.79 Å². The molecule has 0 aromatic heterocycles. The summed E-state index contributed by atoms with van der Waals surface area (Å²) >= 11 is 3.50. The Morgan fingerprint density at radius 2 is 2.47 bits per heavy atom. The molecule has 1 atom stereocenters. The molecule has 0 bridgehead atoms. The number of rotatable bonds is 3. The highest BCUT2D eigenvalue weighted by Gasteiger charge is 2.20. The number of carbonyl (C=O) groups is 1. The highest BCUT2D eigenvalue weighted by molar-refractivity contribution is 7.99. The molecule has 1 aliphatic heterocycles. The Hall–Kier alpha value is -0.650. The number of hydrogen-bond donors (Lipinski definition) is 2. The molecule has 2 N–H and O–H groups in total. The molecule has 5 heteroatoms. The van der Waals surface area contributed by atoms with Gasteiger partial charge in [0.1, 0.15) is 0 Å². The van der Waals surface area contributed by atoms with Crippen LogP contribution < -0.4 is 10.6 Å². The van der Waals surface area contributed by atoms with Crippen molar-refractivity contribution in [1.82, 2.24) is 5.32 Å². The van der Waals surface area contributed by atoms with Crippen LogP contribution in [0.5, 0.6) is 0 Å². The van der Waals surface area contributed by atoms with Gasteiger partial charge >= 0.3 is 0 Å². The van der Waals surface area contributed by atoms with E-state index in [-0.39, 0.29) is 11.9 Å². The van der Waals surface area contributed by atoms with Crippen LogP contribution in [0.15, 0.2) is 29.2 Å². The van der Waals surface area contributed by atoms with Crippen molar-refractivity contribution in [3.63, 3.8) is 0 Å². The molecule has 17 heavy (non-hydrogen) atoms. The normalized spacial score (nSPS) is 19.9. The lowest BCUT2D eigenvalue weighted by Gasteiger charge is -2.22. The third-order valence-corrected chi connectivity index (χ3v) is 4.36. The minimum atomic E-state index is -0.0633. The summed E-state index contributed by atoms with van der Waals surface area (Å²) in [7, 11) is 0. The van der Waals surface area contributed by atoms with E-state index in [0.717, 1.165) is 28.6 Å². The monoisotopic (exact) mass is 268 g/mol. The maximum atomic E-state index is 12.0. The smallest absolute Gasteiger partial charge is 0.242 e. The largest absolute Gasteiger partial charge is 0.325 e. The molecule has 3 nitrogen and oxygen atoms in total. The summed E-state index contributed by atoms with van der Waals surface area (Å²) in [6.45, 7) is 0.910. The summed E-state index contributed by atoms with van der Waals surface area (Å²) < 4.78 is 0. The van der Waals surface area contributed by atoms with Crippen LogP contribution in [0, 0.1) is 0 Å². The highest BCUT2D eigenvalue weighted by atomic mass is 32.2. The first-order chi connectivity index (χ1) is 8.29. The van der Waals surface area contributed by atoms with Gasteiger partial charge in [0, 0.05) is 28.6 Å². The first-order valence-electron chi connectivity index (χ1n) is 5.55. The molecular formula is C12H16N2OS2. The van der Waals surface area contributed by atoms with Crippen LogP contribution in [0.1, 0.15) is 0 Å². The number of anilines is 1. The van der Waals surface area contributed by atoms with E-state index in [4.69, 9.17) is 0 Å². The molecule has 0 saturated carbocycles. The number of hydrogen-bond acceptors (Lipinski definition) is 4. The van der Waals surface area contributed by atoms with Crippen LogP contribution in [0.4, 0.5) is 5.69 Å². The molecular weight excluding hydrogens is 252 g/mol. The molecule has 1 fully saturated rings. The molecule has 1 amide bonds. The van der Waals surface area contributed by atoms with Gasteiger partial charge in [0.15, 0.2) is 0 Å². The zero-order chi connectivity index (χ0) is 12.1. The van der Waals surface area contributed by atoms with E-state index in [1.165, 1.54) is 0 Å². The topological polar surface area (TPSA) is 41.1 Å². The van der Waals surface area contributed by atoms with E-state index in [1.807, 2.05) is 42.3 Å². The van der Waals surface area contributed by atoms with Crippen molar-refractivity contribution in [2.24, 2.45) is 0 Å².